The van der Waals surface area contributed by atoms with Crippen molar-refractivity contribution in [2.24, 2.45) is 0 Å². The van der Waals surface area contributed by atoms with Crippen molar-refractivity contribution in [1.29, 1.82) is 0 Å². The molecule has 0 fully saturated rings. The molecule has 0 atom stereocenters. The molecular formula is C40H26N2S. The minimum atomic E-state index is 0.716. The van der Waals surface area contributed by atoms with Crippen molar-refractivity contribution in [2.45, 2.75) is 0 Å². The third-order valence-corrected chi connectivity index (χ3v) is 9.03. The molecule has 0 bridgehead atoms. The van der Waals surface area contributed by atoms with E-state index in [0.717, 1.165) is 33.6 Å². The second kappa shape index (κ2) is 10.8. The van der Waals surface area contributed by atoms with Crippen molar-refractivity contribution in [3.05, 3.63) is 158 Å². The fraction of sp³-hybridized carbons (Fsp3) is 0. The summed E-state index contributed by atoms with van der Waals surface area (Å²) in [5, 5.41) is 2.65. The molecule has 3 heteroatoms. The van der Waals surface area contributed by atoms with E-state index in [9.17, 15) is 0 Å². The summed E-state index contributed by atoms with van der Waals surface area (Å²) >= 11 is 1.86. The molecule has 0 amide bonds. The van der Waals surface area contributed by atoms with E-state index in [1.165, 1.54) is 36.9 Å². The average molecular weight is 567 g/mol. The van der Waals surface area contributed by atoms with Gasteiger partial charge in [0.1, 0.15) is 0 Å². The monoisotopic (exact) mass is 566 g/mol. The molecule has 0 N–H and O–H groups in total. The molecule has 8 aromatic rings. The first-order valence-corrected chi connectivity index (χ1v) is 15.2. The molecule has 2 heterocycles. The predicted molar refractivity (Wildman–Crippen MR) is 182 cm³/mol. The standard InChI is InChI=1S/C40H26N2S/c1-3-11-27(12-4-1)36-26-37(28-13-5-2-6-14-28)42-40(41-36)33-18-10-17-31(24-33)29-15-9-16-30(23-29)32-21-22-35-34-19-7-8-20-38(34)43-39(35)25-32/h1-26H. The van der Waals surface area contributed by atoms with Gasteiger partial charge in [0.15, 0.2) is 5.82 Å². The lowest BCUT2D eigenvalue weighted by molar-refractivity contribution is 1.18. The Morgan fingerprint density at radius 1 is 0.326 bits per heavy atom. The SMILES string of the molecule is c1ccc(-c2cc(-c3ccccc3)nc(-c3cccc(-c4cccc(-c5ccc6c(c5)sc5ccccc56)c4)c3)n2)cc1. The third kappa shape index (κ3) is 4.90. The molecule has 0 aliphatic rings. The number of thiophene rings is 1. The first-order chi connectivity index (χ1) is 21.3. The number of rotatable bonds is 5. The van der Waals surface area contributed by atoms with E-state index in [1.54, 1.807) is 0 Å². The molecular weight excluding hydrogens is 541 g/mol. The molecule has 2 aromatic heterocycles. The molecule has 2 nitrogen and oxygen atoms in total. The summed E-state index contributed by atoms with van der Waals surface area (Å²) in [6.45, 7) is 0. The fourth-order valence-corrected chi connectivity index (χ4v) is 6.86. The van der Waals surface area contributed by atoms with Crippen LogP contribution >= 0.6 is 11.3 Å². The Morgan fingerprint density at radius 3 is 1.47 bits per heavy atom. The largest absolute Gasteiger partial charge is 0.228 e. The van der Waals surface area contributed by atoms with Gasteiger partial charge in [-0.25, -0.2) is 9.97 Å². The Balaban J connectivity index is 1.19. The lowest BCUT2D eigenvalue weighted by atomic mass is 9.97. The van der Waals surface area contributed by atoms with Gasteiger partial charge in [0.25, 0.3) is 0 Å². The smallest absolute Gasteiger partial charge is 0.160 e. The van der Waals surface area contributed by atoms with E-state index in [0.29, 0.717) is 5.82 Å². The Hall–Kier alpha value is -5.38. The second-order valence-corrected chi connectivity index (χ2v) is 11.7. The first-order valence-electron chi connectivity index (χ1n) is 14.4. The summed E-state index contributed by atoms with van der Waals surface area (Å²) in [5.74, 6) is 0.716. The molecule has 0 aliphatic carbocycles. The molecule has 8 rings (SSSR count). The Kier molecular flexibility index (Phi) is 6.36. The molecule has 202 valence electrons. The number of aromatic nitrogens is 2. The summed E-state index contributed by atoms with van der Waals surface area (Å²) in [6.07, 6.45) is 0. The van der Waals surface area contributed by atoms with Gasteiger partial charge in [-0.05, 0) is 52.6 Å². The Bertz CT molecular complexity index is 2180. The van der Waals surface area contributed by atoms with Crippen LogP contribution in [-0.4, -0.2) is 9.97 Å². The minimum Gasteiger partial charge on any atom is -0.228 e. The van der Waals surface area contributed by atoms with Crippen LogP contribution in [0, 0.1) is 0 Å². The fourth-order valence-electron chi connectivity index (χ4n) is 5.71. The zero-order valence-corrected chi connectivity index (χ0v) is 24.1. The van der Waals surface area contributed by atoms with E-state index in [-0.39, 0.29) is 0 Å². The van der Waals surface area contributed by atoms with Gasteiger partial charge in [0, 0.05) is 36.9 Å². The number of fused-ring (bicyclic) bond motifs is 3. The highest BCUT2D eigenvalue weighted by atomic mass is 32.1. The van der Waals surface area contributed by atoms with Crippen molar-refractivity contribution < 1.29 is 0 Å². The number of hydrogen-bond acceptors (Lipinski definition) is 3. The molecule has 0 saturated heterocycles. The van der Waals surface area contributed by atoms with Crippen LogP contribution in [0.25, 0.3) is 76.3 Å². The van der Waals surface area contributed by atoms with E-state index >= 15 is 0 Å². The van der Waals surface area contributed by atoms with Crippen LogP contribution in [0.2, 0.25) is 0 Å². The molecule has 0 unspecified atom stereocenters. The lowest BCUT2D eigenvalue weighted by Gasteiger charge is -2.11. The lowest BCUT2D eigenvalue weighted by Crippen LogP contribution is -1.96. The third-order valence-electron chi connectivity index (χ3n) is 7.89. The van der Waals surface area contributed by atoms with Gasteiger partial charge in [-0.15, -0.1) is 11.3 Å². The summed E-state index contributed by atoms with van der Waals surface area (Å²) < 4.78 is 2.64. The van der Waals surface area contributed by atoms with Crippen molar-refractivity contribution in [3.63, 3.8) is 0 Å². The molecule has 43 heavy (non-hydrogen) atoms. The van der Waals surface area contributed by atoms with Crippen LogP contribution in [0.5, 0.6) is 0 Å². The Labute approximate surface area is 254 Å². The molecule has 0 saturated carbocycles. The average Bonchev–Trinajstić information content (AvgIpc) is 3.47. The van der Waals surface area contributed by atoms with Gasteiger partial charge >= 0.3 is 0 Å². The van der Waals surface area contributed by atoms with Crippen LogP contribution < -0.4 is 0 Å². The highest BCUT2D eigenvalue weighted by molar-refractivity contribution is 7.25. The molecule has 0 aliphatic heterocycles. The van der Waals surface area contributed by atoms with Crippen molar-refractivity contribution in [2.75, 3.05) is 0 Å². The van der Waals surface area contributed by atoms with Crippen molar-refractivity contribution >= 4 is 31.5 Å². The van der Waals surface area contributed by atoms with Crippen LogP contribution in [0.4, 0.5) is 0 Å². The number of benzene rings is 6. The second-order valence-electron chi connectivity index (χ2n) is 10.7. The zero-order chi connectivity index (χ0) is 28.6. The maximum Gasteiger partial charge on any atom is 0.160 e. The summed E-state index contributed by atoms with van der Waals surface area (Å²) in [5.41, 5.74) is 9.69. The van der Waals surface area contributed by atoms with Crippen LogP contribution in [0.1, 0.15) is 0 Å². The van der Waals surface area contributed by atoms with E-state index in [1.807, 2.05) is 47.7 Å². The maximum atomic E-state index is 5.04. The zero-order valence-electron chi connectivity index (χ0n) is 23.3. The number of hydrogen-bond donors (Lipinski definition) is 0. The van der Waals surface area contributed by atoms with E-state index in [2.05, 4.69) is 121 Å². The summed E-state index contributed by atoms with van der Waals surface area (Å²) in [7, 11) is 0. The summed E-state index contributed by atoms with van der Waals surface area (Å²) in [4.78, 5) is 10.1. The van der Waals surface area contributed by atoms with Gasteiger partial charge in [0.2, 0.25) is 0 Å². The van der Waals surface area contributed by atoms with Gasteiger partial charge < -0.3 is 0 Å². The van der Waals surface area contributed by atoms with Crippen molar-refractivity contribution in [3.8, 4) is 56.2 Å². The van der Waals surface area contributed by atoms with Crippen LogP contribution in [0.15, 0.2) is 158 Å². The minimum absolute atomic E-state index is 0.716. The first kappa shape index (κ1) is 25.3. The van der Waals surface area contributed by atoms with Crippen LogP contribution in [0.3, 0.4) is 0 Å². The predicted octanol–water partition coefficient (Wildman–Crippen LogP) is 11.2. The van der Waals surface area contributed by atoms with Gasteiger partial charge in [0.05, 0.1) is 11.4 Å². The topological polar surface area (TPSA) is 25.8 Å². The quantitative estimate of drug-likeness (QED) is 0.207. The normalized spacial score (nSPS) is 11.3. The van der Waals surface area contributed by atoms with E-state index in [4.69, 9.17) is 9.97 Å². The number of nitrogens with zero attached hydrogens (tertiary/aromatic N) is 2. The molecule has 6 aromatic carbocycles. The summed E-state index contributed by atoms with van der Waals surface area (Å²) in [6, 6.07) is 55.5. The van der Waals surface area contributed by atoms with Gasteiger partial charge in [-0.1, -0.05) is 127 Å². The molecule has 0 radical (unpaired) electrons. The Morgan fingerprint density at radius 2 is 0.814 bits per heavy atom. The van der Waals surface area contributed by atoms with Gasteiger partial charge in [-0.3, -0.25) is 0 Å². The highest BCUT2D eigenvalue weighted by Gasteiger charge is 2.12. The van der Waals surface area contributed by atoms with Crippen molar-refractivity contribution in [1.82, 2.24) is 9.97 Å². The van der Waals surface area contributed by atoms with Gasteiger partial charge in [-0.2, -0.15) is 0 Å². The highest BCUT2D eigenvalue weighted by Crippen LogP contribution is 2.37. The van der Waals surface area contributed by atoms with Crippen LogP contribution in [-0.2, 0) is 0 Å². The maximum absolute atomic E-state index is 5.04. The van der Waals surface area contributed by atoms with E-state index < -0.39 is 0 Å². The molecule has 0 spiro atoms.